The van der Waals surface area contributed by atoms with Gasteiger partial charge in [-0.3, -0.25) is 9.69 Å². The van der Waals surface area contributed by atoms with Crippen molar-refractivity contribution in [2.24, 2.45) is 7.05 Å². The smallest absolute Gasteiger partial charge is 0.434 e. The summed E-state index contributed by atoms with van der Waals surface area (Å²) >= 11 is 5.83. The van der Waals surface area contributed by atoms with Crippen LogP contribution in [0, 0.1) is 0 Å². The summed E-state index contributed by atoms with van der Waals surface area (Å²) < 4.78 is 45.2. The third-order valence-electron chi connectivity index (χ3n) is 4.33. The molecule has 0 unspecified atom stereocenters. The zero-order chi connectivity index (χ0) is 20.8. The van der Waals surface area contributed by atoms with Crippen LogP contribution in [0.5, 0.6) is 5.75 Å². The number of hydrogen-bond donors (Lipinski definition) is 0. The van der Waals surface area contributed by atoms with Gasteiger partial charge in [-0.2, -0.15) is 18.2 Å². The van der Waals surface area contributed by atoms with Crippen molar-refractivity contribution < 1.29 is 22.7 Å². The Hall–Kier alpha value is -3.14. The number of imidazole rings is 1. The highest BCUT2D eigenvalue weighted by Gasteiger charge is 2.34. The largest absolute Gasteiger partial charge is 0.478 e. The quantitative estimate of drug-likeness (QED) is 0.603. The fraction of sp³-hybridized carbons (Fsp3) is 0.222. The van der Waals surface area contributed by atoms with Crippen molar-refractivity contribution >= 4 is 23.3 Å². The maximum absolute atomic E-state index is 12.9. The molecule has 1 aromatic carbocycles. The van der Waals surface area contributed by atoms with Crippen LogP contribution in [0.25, 0.3) is 11.4 Å². The lowest BCUT2D eigenvalue weighted by atomic mass is 10.1. The summed E-state index contributed by atoms with van der Waals surface area (Å²) in [5.74, 6) is 0.508. The fourth-order valence-electron chi connectivity index (χ4n) is 2.95. The van der Waals surface area contributed by atoms with Gasteiger partial charge < -0.3 is 9.30 Å². The Morgan fingerprint density at radius 1 is 1.21 bits per heavy atom. The molecular weight excluding hydrogens is 411 g/mol. The lowest BCUT2D eigenvalue weighted by molar-refractivity contribution is -0.140. The summed E-state index contributed by atoms with van der Waals surface area (Å²) in [7, 11) is 1.50. The zero-order valence-electron chi connectivity index (χ0n) is 14.9. The van der Waals surface area contributed by atoms with Gasteiger partial charge in [0.05, 0.1) is 12.7 Å². The van der Waals surface area contributed by atoms with Gasteiger partial charge >= 0.3 is 6.18 Å². The first-order valence-electron chi connectivity index (χ1n) is 8.38. The first-order valence-corrected chi connectivity index (χ1v) is 8.76. The van der Waals surface area contributed by atoms with Crippen LogP contribution in [-0.4, -0.2) is 32.0 Å². The Morgan fingerprint density at radius 3 is 2.59 bits per heavy atom. The summed E-state index contributed by atoms with van der Waals surface area (Å²) in [5.41, 5.74) is 0.312. The second-order valence-corrected chi connectivity index (χ2v) is 6.69. The number of amides is 1. The molecule has 0 N–H and O–H groups in total. The van der Waals surface area contributed by atoms with Gasteiger partial charge in [0.15, 0.2) is 23.9 Å². The maximum atomic E-state index is 12.9. The number of anilines is 1. The average Bonchev–Trinajstić information content (AvgIpc) is 3.07. The lowest BCUT2D eigenvalue weighted by Crippen LogP contribution is -2.39. The molecule has 1 amide bonds. The van der Waals surface area contributed by atoms with Crippen LogP contribution in [0.4, 0.5) is 19.0 Å². The van der Waals surface area contributed by atoms with E-state index in [4.69, 9.17) is 16.3 Å². The van der Waals surface area contributed by atoms with Crippen molar-refractivity contribution in [2.75, 3.05) is 11.5 Å². The number of fused-ring (bicyclic) bond motifs is 1. The van der Waals surface area contributed by atoms with E-state index >= 15 is 0 Å². The second kappa shape index (κ2) is 7.03. The van der Waals surface area contributed by atoms with Crippen LogP contribution in [0.2, 0.25) is 5.28 Å². The van der Waals surface area contributed by atoms with Crippen LogP contribution in [-0.2, 0) is 24.6 Å². The molecule has 7 nitrogen and oxygen atoms in total. The van der Waals surface area contributed by atoms with Crippen molar-refractivity contribution in [3.63, 3.8) is 0 Å². The fourth-order valence-corrected chi connectivity index (χ4v) is 3.08. The Morgan fingerprint density at radius 2 is 1.93 bits per heavy atom. The number of aromatic nitrogens is 4. The number of ether oxygens (including phenoxy) is 1. The van der Waals surface area contributed by atoms with E-state index < -0.39 is 11.9 Å². The number of carbonyl (C=O) groups is 1. The number of aryl methyl sites for hydroxylation is 1. The van der Waals surface area contributed by atoms with Crippen LogP contribution >= 0.6 is 11.6 Å². The van der Waals surface area contributed by atoms with Gasteiger partial charge in [0.25, 0.3) is 5.91 Å². The van der Waals surface area contributed by atoms with E-state index in [1.807, 2.05) is 0 Å². The Bertz CT molecular complexity index is 1080. The van der Waals surface area contributed by atoms with E-state index in [-0.39, 0.29) is 36.0 Å². The van der Waals surface area contributed by atoms with E-state index in [1.54, 1.807) is 24.3 Å². The standard InChI is InChI=1S/C18H13ClF3N5O2/c1-26-8-13(18(20,21)22)24-15(26)11-4-2-10(3-5-11)7-27-14(28)9-29-12-6-23-17(19)25-16(12)27/h2-6,8H,7,9H2,1H3. The minimum atomic E-state index is -4.51. The highest BCUT2D eigenvalue weighted by Crippen LogP contribution is 2.32. The van der Waals surface area contributed by atoms with E-state index in [1.165, 1.54) is 22.7 Å². The predicted octanol–water partition coefficient (Wildman–Crippen LogP) is 3.47. The van der Waals surface area contributed by atoms with Crippen LogP contribution < -0.4 is 9.64 Å². The van der Waals surface area contributed by atoms with E-state index in [0.717, 1.165) is 11.8 Å². The summed E-state index contributed by atoms with van der Waals surface area (Å²) in [4.78, 5) is 25.3. The number of nitrogens with zero attached hydrogens (tertiary/aromatic N) is 5. The van der Waals surface area contributed by atoms with Gasteiger partial charge in [0, 0.05) is 18.8 Å². The Balaban J connectivity index is 1.59. The topological polar surface area (TPSA) is 73.1 Å². The molecule has 3 heterocycles. The number of rotatable bonds is 3. The minimum Gasteiger partial charge on any atom is -0.478 e. The highest BCUT2D eigenvalue weighted by molar-refractivity contribution is 6.28. The number of hydrogen-bond acceptors (Lipinski definition) is 5. The number of benzene rings is 1. The zero-order valence-corrected chi connectivity index (χ0v) is 15.7. The predicted molar refractivity (Wildman–Crippen MR) is 97.4 cm³/mol. The summed E-state index contributed by atoms with van der Waals surface area (Å²) in [6.07, 6.45) is -2.17. The molecule has 0 radical (unpaired) electrons. The molecule has 1 aliphatic heterocycles. The van der Waals surface area contributed by atoms with Crippen molar-refractivity contribution in [3.05, 3.63) is 53.2 Å². The Labute approximate surface area is 167 Å². The minimum absolute atomic E-state index is 0.0161. The van der Waals surface area contributed by atoms with Crippen molar-refractivity contribution in [3.8, 4) is 17.1 Å². The first-order chi connectivity index (χ1) is 13.7. The summed E-state index contributed by atoms with van der Waals surface area (Å²) in [5, 5.41) is -0.0161. The van der Waals surface area contributed by atoms with Gasteiger partial charge in [-0.25, -0.2) is 9.97 Å². The number of carbonyl (C=O) groups excluding carboxylic acids is 1. The van der Waals surface area contributed by atoms with Crippen molar-refractivity contribution in [1.29, 1.82) is 0 Å². The van der Waals surface area contributed by atoms with Crippen molar-refractivity contribution in [1.82, 2.24) is 19.5 Å². The summed E-state index contributed by atoms with van der Waals surface area (Å²) in [6, 6.07) is 6.72. The second-order valence-electron chi connectivity index (χ2n) is 6.35. The van der Waals surface area contributed by atoms with Crippen LogP contribution in [0.3, 0.4) is 0 Å². The molecule has 0 saturated carbocycles. The van der Waals surface area contributed by atoms with Gasteiger partial charge in [-0.05, 0) is 17.2 Å². The third-order valence-corrected chi connectivity index (χ3v) is 4.52. The van der Waals surface area contributed by atoms with Crippen molar-refractivity contribution in [2.45, 2.75) is 12.7 Å². The summed E-state index contributed by atoms with van der Waals surface area (Å²) in [6.45, 7) is 0.0424. The van der Waals surface area contributed by atoms with E-state index in [9.17, 15) is 18.0 Å². The molecule has 2 aromatic heterocycles. The molecule has 4 rings (SSSR count). The molecule has 0 spiro atoms. The normalized spacial score (nSPS) is 14.0. The molecule has 0 fully saturated rings. The van der Waals surface area contributed by atoms with Gasteiger partial charge in [-0.15, -0.1) is 0 Å². The first kappa shape index (κ1) is 19.2. The molecular formula is C18H13ClF3N5O2. The number of halogens is 4. The lowest BCUT2D eigenvalue weighted by Gasteiger charge is -2.27. The van der Waals surface area contributed by atoms with Crippen LogP contribution in [0.15, 0.2) is 36.7 Å². The molecule has 0 atom stereocenters. The van der Waals surface area contributed by atoms with Gasteiger partial charge in [-0.1, -0.05) is 24.3 Å². The average molecular weight is 424 g/mol. The van der Waals surface area contributed by atoms with E-state index in [0.29, 0.717) is 11.3 Å². The maximum Gasteiger partial charge on any atom is 0.434 e. The van der Waals surface area contributed by atoms with E-state index in [2.05, 4.69) is 15.0 Å². The number of alkyl halides is 3. The Kier molecular flexibility index (Phi) is 4.65. The van der Waals surface area contributed by atoms with Gasteiger partial charge in [0.2, 0.25) is 5.28 Å². The third kappa shape index (κ3) is 3.75. The highest BCUT2D eigenvalue weighted by atomic mass is 35.5. The molecule has 29 heavy (non-hydrogen) atoms. The molecule has 3 aromatic rings. The molecule has 0 saturated heterocycles. The SMILES string of the molecule is Cn1cc(C(F)(F)F)nc1-c1ccc(CN2C(=O)COc3cnc(Cl)nc32)cc1. The molecule has 150 valence electrons. The molecule has 0 bridgehead atoms. The van der Waals surface area contributed by atoms with Gasteiger partial charge in [0.1, 0.15) is 5.82 Å². The molecule has 11 heteroatoms. The molecule has 0 aliphatic carbocycles. The molecule has 1 aliphatic rings. The monoisotopic (exact) mass is 423 g/mol. The van der Waals surface area contributed by atoms with Crippen LogP contribution in [0.1, 0.15) is 11.3 Å².